The third kappa shape index (κ3) is 2.80. The molecule has 3 N–H and O–H groups in total. The molecule has 0 bridgehead atoms. The van der Waals surface area contributed by atoms with Gasteiger partial charge in [0.05, 0.1) is 0 Å². The minimum Gasteiger partial charge on any atom is -0.422 e. The molecule has 0 saturated carbocycles. The summed E-state index contributed by atoms with van der Waals surface area (Å²) < 4.78 is 5.43. The quantitative estimate of drug-likeness (QED) is 0.815. The summed E-state index contributed by atoms with van der Waals surface area (Å²) in [7, 11) is 0. The summed E-state index contributed by atoms with van der Waals surface area (Å²) in [5.74, 6) is 0.864. The molecule has 0 amide bonds. The standard InChI is InChI=1S/C11H21N3O2/c1-6(2)7(12)8(15)9-13-14-10(16-9)11(3,4)5/h6-8,15H,12H2,1-5H3. The van der Waals surface area contributed by atoms with Gasteiger partial charge in [0.15, 0.2) is 0 Å². The van der Waals surface area contributed by atoms with Crippen LogP contribution in [0.5, 0.6) is 0 Å². The Balaban J connectivity index is 2.86. The van der Waals surface area contributed by atoms with Crippen LogP contribution >= 0.6 is 0 Å². The van der Waals surface area contributed by atoms with Crippen molar-refractivity contribution in [3.8, 4) is 0 Å². The van der Waals surface area contributed by atoms with Crippen molar-refractivity contribution in [2.24, 2.45) is 11.7 Å². The monoisotopic (exact) mass is 227 g/mol. The summed E-state index contributed by atoms with van der Waals surface area (Å²) in [5, 5.41) is 17.7. The molecule has 2 unspecified atom stereocenters. The second kappa shape index (κ2) is 4.51. The van der Waals surface area contributed by atoms with Crippen molar-refractivity contribution in [3.63, 3.8) is 0 Å². The molecule has 1 heterocycles. The first kappa shape index (κ1) is 13.1. The molecule has 92 valence electrons. The topological polar surface area (TPSA) is 85.2 Å². The lowest BCUT2D eigenvalue weighted by Crippen LogP contribution is -2.33. The van der Waals surface area contributed by atoms with Gasteiger partial charge >= 0.3 is 0 Å². The van der Waals surface area contributed by atoms with E-state index in [0.717, 1.165) is 0 Å². The van der Waals surface area contributed by atoms with E-state index in [0.29, 0.717) is 5.89 Å². The highest BCUT2D eigenvalue weighted by Crippen LogP contribution is 2.24. The summed E-state index contributed by atoms with van der Waals surface area (Å²) in [5.41, 5.74) is 5.62. The van der Waals surface area contributed by atoms with E-state index in [9.17, 15) is 5.11 Å². The van der Waals surface area contributed by atoms with Gasteiger partial charge in [0, 0.05) is 11.5 Å². The smallest absolute Gasteiger partial charge is 0.246 e. The molecule has 1 aromatic heterocycles. The lowest BCUT2D eigenvalue weighted by molar-refractivity contribution is 0.0946. The van der Waals surface area contributed by atoms with Crippen LogP contribution in [-0.4, -0.2) is 21.3 Å². The molecule has 0 fully saturated rings. The first-order valence-electron chi connectivity index (χ1n) is 5.51. The Bertz CT molecular complexity index is 341. The van der Waals surface area contributed by atoms with Crippen molar-refractivity contribution in [2.75, 3.05) is 0 Å². The number of aliphatic hydroxyl groups excluding tert-OH is 1. The Morgan fingerprint density at radius 1 is 1.25 bits per heavy atom. The van der Waals surface area contributed by atoms with Gasteiger partial charge in [0.25, 0.3) is 0 Å². The largest absolute Gasteiger partial charge is 0.422 e. The molecule has 0 aliphatic rings. The fourth-order valence-corrected chi connectivity index (χ4v) is 1.19. The fourth-order valence-electron chi connectivity index (χ4n) is 1.19. The maximum atomic E-state index is 9.92. The number of hydrogen-bond donors (Lipinski definition) is 2. The first-order valence-corrected chi connectivity index (χ1v) is 5.51. The highest BCUT2D eigenvalue weighted by molar-refractivity contribution is 4.99. The summed E-state index contributed by atoms with van der Waals surface area (Å²) in [6, 6.07) is -0.395. The van der Waals surface area contributed by atoms with Gasteiger partial charge in [0.1, 0.15) is 6.10 Å². The average Bonchev–Trinajstić information content (AvgIpc) is 2.63. The SMILES string of the molecule is CC(C)C(N)C(O)c1nnc(C(C)(C)C)o1. The number of aromatic nitrogens is 2. The van der Waals surface area contributed by atoms with E-state index in [1.165, 1.54) is 0 Å². The van der Waals surface area contributed by atoms with Crippen LogP contribution in [-0.2, 0) is 5.41 Å². The van der Waals surface area contributed by atoms with Crippen LogP contribution in [0.4, 0.5) is 0 Å². The Kier molecular flexibility index (Phi) is 3.70. The third-order valence-corrected chi connectivity index (χ3v) is 2.47. The number of rotatable bonds is 3. The van der Waals surface area contributed by atoms with Gasteiger partial charge in [-0.15, -0.1) is 10.2 Å². The summed E-state index contributed by atoms with van der Waals surface area (Å²) in [4.78, 5) is 0. The van der Waals surface area contributed by atoms with E-state index in [1.54, 1.807) is 0 Å². The minimum absolute atomic E-state index is 0.153. The second-order valence-corrected chi connectivity index (χ2v) is 5.46. The van der Waals surface area contributed by atoms with E-state index < -0.39 is 12.1 Å². The van der Waals surface area contributed by atoms with Crippen molar-refractivity contribution in [2.45, 2.75) is 52.2 Å². The third-order valence-electron chi connectivity index (χ3n) is 2.47. The maximum Gasteiger partial charge on any atom is 0.246 e. The molecule has 1 rings (SSSR count). The van der Waals surface area contributed by atoms with Crippen LogP contribution in [0.2, 0.25) is 0 Å². The van der Waals surface area contributed by atoms with Gasteiger partial charge < -0.3 is 15.3 Å². The average molecular weight is 227 g/mol. The van der Waals surface area contributed by atoms with Crippen molar-refractivity contribution >= 4 is 0 Å². The van der Waals surface area contributed by atoms with Gasteiger partial charge in [-0.25, -0.2) is 0 Å². The summed E-state index contributed by atoms with van der Waals surface area (Å²) >= 11 is 0. The van der Waals surface area contributed by atoms with Crippen LogP contribution in [0.3, 0.4) is 0 Å². The van der Waals surface area contributed by atoms with Crippen LogP contribution in [0.25, 0.3) is 0 Å². The zero-order valence-corrected chi connectivity index (χ0v) is 10.6. The molecule has 0 radical (unpaired) electrons. The van der Waals surface area contributed by atoms with Gasteiger partial charge in [-0.1, -0.05) is 34.6 Å². The first-order chi connectivity index (χ1) is 7.23. The second-order valence-electron chi connectivity index (χ2n) is 5.46. The molecule has 0 saturated heterocycles. The predicted molar refractivity (Wildman–Crippen MR) is 60.8 cm³/mol. The Morgan fingerprint density at radius 2 is 1.81 bits per heavy atom. The lowest BCUT2D eigenvalue weighted by Gasteiger charge is -2.19. The Morgan fingerprint density at radius 3 is 2.19 bits per heavy atom. The number of nitrogens with zero attached hydrogens (tertiary/aromatic N) is 2. The van der Waals surface area contributed by atoms with Gasteiger partial charge in [-0.3, -0.25) is 0 Å². The molecule has 0 spiro atoms. The molecule has 0 aliphatic carbocycles. The van der Waals surface area contributed by atoms with Gasteiger partial charge in [0.2, 0.25) is 11.8 Å². The Hall–Kier alpha value is -0.940. The van der Waals surface area contributed by atoms with Gasteiger partial charge in [-0.2, -0.15) is 0 Å². The van der Waals surface area contributed by atoms with Crippen LogP contribution in [0.1, 0.15) is 52.5 Å². The lowest BCUT2D eigenvalue weighted by atomic mass is 9.97. The molecular weight excluding hydrogens is 206 g/mol. The summed E-state index contributed by atoms with van der Waals surface area (Å²) in [6.07, 6.45) is -0.899. The van der Waals surface area contributed by atoms with E-state index in [4.69, 9.17) is 10.2 Å². The highest BCUT2D eigenvalue weighted by Gasteiger charge is 2.28. The predicted octanol–water partition coefficient (Wildman–Crippen LogP) is 1.38. The zero-order chi connectivity index (χ0) is 12.5. The van der Waals surface area contributed by atoms with E-state index in [1.807, 2.05) is 34.6 Å². The molecule has 0 aliphatic heterocycles. The Labute approximate surface area is 96.1 Å². The van der Waals surface area contributed by atoms with E-state index in [2.05, 4.69) is 10.2 Å². The maximum absolute atomic E-state index is 9.92. The van der Waals surface area contributed by atoms with Crippen LogP contribution < -0.4 is 5.73 Å². The van der Waals surface area contributed by atoms with E-state index in [-0.39, 0.29) is 17.2 Å². The van der Waals surface area contributed by atoms with Crippen LogP contribution in [0, 0.1) is 5.92 Å². The molecule has 5 heteroatoms. The molecule has 16 heavy (non-hydrogen) atoms. The van der Waals surface area contributed by atoms with E-state index >= 15 is 0 Å². The molecule has 1 aromatic rings. The molecule has 2 atom stereocenters. The highest BCUT2D eigenvalue weighted by atomic mass is 16.4. The molecular formula is C11H21N3O2. The normalized spacial score (nSPS) is 16.5. The molecule has 5 nitrogen and oxygen atoms in total. The van der Waals surface area contributed by atoms with Crippen molar-refractivity contribution in [1.82, 2.24) is 10.2 Å². The zero-order valence-electron chi connectivity index (χ0n) is 10.6. The molecule has 0 aromatic carbocycles. The minimum atomic E-state index is -0.899. The summed E-state index contributed by atoms with van der Waals surface area (Å²) in [6.45, 7) is 9.79. The van der Waals surface area contributed by atoms with Crippen molar-refractivity contribution in [1.29, 1.82) is 0 Å². The number of aliphatic hydroxyl groups is 1. The fraction of sp³-hybridized carbons (Fsp3) is 0.818. The van der Waals surface area contributed by atoms with Crippen molar-refractivity contribution in [3.05, 3.63) is 11.8 Å². The number of nitrogens with two attached hydrogens (primary N) is 1. The van der Waals surface area contributed by atoms with Gasteiger partial charge in [-0.05, 0) is 5.92 Å². The van der Waals surface area contributed by atoms with Crippen LogP contribution in [0.15, 0.2) is 4.42 Å². The van der Waals surface area contributed by atoms with Crippen molar-refractivity contribution < 1.29 is 9.52 Å². The number of hydrogen-bond acceptors (Lipinski definition) is 5.